The summed E-state index contributed by atoms with van der Waals surface area (Å²) in [6.45, 7) is 7.43. The van der Waals surface area contributed by atoms with Gasteiger partial charge in [0, 0.05) is 25.0 Å². The topological polar surface area (TPSA) is 53.3 Å². The van der Waals surface area contributed by atoms with Gasteiger partial charge >= 0.3 is 0 Å². The normalized spacial score (nSPS) is 33.9. The van der Waals surface area contributed by atoms with Crippen molar-refractivity contribution in [3.05, 3.63) is 11.6 Å². The molecule has 1 saturated carbocycles. The van der Waals surface area contributed by atoms with E-state index in [9.17, 15) is 10.1 Å². The number of nitriles is 1. The highest BCUT2D eigenvalue weighted by molar-refractivity contribution is 6.03. The second-order valence-corrected chi connectivity index (χ2v) is 7.15. The van der Waals surface area contributed by atoms with Crippen LogP contribution < -0.4 is 0 Å². The molecule has 1 atom stereocenters. The van der Waals surface area contributed by atoms with Gasteiger partial charge in [-0.1, -0.05) is 13.8 Å². The molecular weight excluding hydrogens is 252 g/mol. The quantitative estimate of drug-likeness (QED) is 0.772. The Morgan fingerprint density at radius 1 is 1.50 bits per heavy atom. The standard InChI is InChI=1S/C16H22N2O2/c1-15(2)10-16(7-13(8-17)14(15)19)11-18(5-6-20-16)9-12-3-4-12/h7,12H,3-6,9-11H2,1-2H3. The van der Waals surface area contributed by atoms with Crippen molar-refractivity contribution in [2.75, 3.05) is 26.2 Å². The fraction of sp³-hybridized carbons (Fsp3) is 0.750. The lowest BCUT2D eigenvalue weighted by atomic mass is 9.69. The van der Waals surface area contributed by atoms with Crippen molar-refractivity contribution < 1.29 is 9.53 Å². The van der Waals surface area contributed by atoms with Crippen molar-refractivity contribution in [2.45, 2.75) is 38.7 Å². The number of ether oxygens (including phenoxy) is 1. The first-order chi connectivity index (χ1) is 9.44. The second kappa shape index (κ2) is 4.68. The molecule has 0 N–H and O–H groups in total. The molecule has 0 aromatic carbocycles. The first kappa shape index (κ1) is 13.8. The van der Waals surface area contributed by atoms with Crippen molar-refractivity contribution >= 4 is 5.78 Å². The third kappa shape index (κ3) is 2.53. The summed E-state index contributed by atoms with van der Waals surface area (Å²) in [6, 6.07) is 2.06. The molecule has 0 aromatic rings. The molecule has 3 aliphatic rings. The van der Waals surface area contributed by atoms with Gasteiger partial charge in [0.1, 0.15) is 11.7 Å². The van der Waals surface area contributed by atoms with Gasteiger partial charge in [0.05, 0.1) is 12.2 Å². The molecule has 1 spiro atoms. The Labute approximate surface area is 120 Å². The third-order valence-corrected chi connectivity index (χ3v) is 4.63. The molecule has 1 heterocycles. The smallest absolute Gasteiger partial charge is 0.178 e. The number of hydrogen-bond acceptors (Lipinski definition) is 4. The Hall–Kier alpha value is -1.18. The van der Waals surface area contributed by atoms with E-state index in [1.165, 1.54) is 12.8 Å². The van der Waals surface area contributed by atoms with Crippen molar-refractivity contribution in [1.29, 1.82) is 5.26 Å². The first-order valence-corrected chi connectivity index (χ1v) is 7.48. The van der Waals surface area contributed by atoms with Crippen molar-refractivity contribution in [3.63, 3.8) is 0 Å². The second-order valence-electron chi connectivity index (χ2n) is 7.15. The van der Waals surface area contributed by atoms with Crippen molar-refractivity contribution in [2.24, 2.45) is 11.3 Å². The fourth-order valence-corrected chi connectivity index (χ4v) is 3.55. The molecule has 2 fully saturated rings. The summed E-state index contributed by atoms with van der Waals surface area (Å²) < 4.78 is 6.03. The van der Waals surface area contributed by atoms with Gasteiger partial charge in [-0.3, -0.25) is 9.69 Å². The van der Waals surface area contributed by atoms with Crippen LogP contribution in [0.4, 0.5) is 0 Å². The number of hydrogen-bond donors (Lipinski definition) is 0. The summed E-state index contributed by atoms with van der Waals surface area (Å²) in [5, 5.41) is 9.22. The van der Waals surface area contributed by atoms with Gasteiger partial charge in [0.15, 0.2) is 5.78 Å². The largest absolute Gasteiger partial charge is 0.368 e. The molecule has 1 aliphatic heterocycles. The Bertz CT molecular complexity index is 499. The Morgan fingerprint density at radius 3 is 2.90 bits per heavy atom. The predicted molar refractivity (Wildman–Crippen MR) is 74.9 cm³/mol. The maximum Gasteiger partial charge on any atom is 0.178 e. The van der Waals surface area contributed by atoms with Crippen LogP contribution in [0.2, 0.25) is 0 Å². The maximum absolute atomic E-state index is 12.2. The number of ketones is 1. The van der Waals surface area contributed by atoms with Crippen LogP contribution in [0.25, 0.3) is 0 Å². The summed E-state index contributed by atoms with van der Waals surface area (Å²) in [7, 11) is 0. The van der Waals surface area contributed by atoms with E-state index in [0.29, 0.717) is 13.0 Å². The summed E-state index contributed by atoms with van der Waals surface area (Å²) in [5.41, 5.74) is -0.688. The minimum absolute atomic E-state index is 0.0476. The molecule has 1 unspecified atom stereocenters. The van der Waals surface area contributed by atoms with E-state index in [4.69, 9.17) is 4.74 Å². The highest BCUT2D eigenvalue weighted by Crippen LogP contribution is 2.41. The highest BCUT2D eigenvalue weighted by Gasteiger charge is 2.48. The maximum atomic E-state index is 12.2. The number of allylic oxidation sites excluding steroid dienone is 1. The van der Waals surface area contributed by atoms with Crippen LogP contribution in [0.15, 0.2) is 11.6 Å². The minimum atomic E-state index is -0.512. The van der Waals surface area contributed by atoms with Gasteiger partial charge in [0.25, 0.3) is 0 Å². The monoisotopic (exact) mass is 274 g/mol. The molecule has 4 heteroatoms. The fourth-order valence-electron chi connectivity index (χ4n) is 3.55. The predicted octanol–water partition coefficient (Wildman–Crippen LogP) is 1.92. The highest BCUT2D eigenvalue weighted by atomic mass is 16.5. The molecule has 1 saturated heterocycles. The molecule has 0 bridgehead atoms. The van der Waals surface area contributed by atoms with Gasteiger partial charge in [-0.25, -0.2) is 0 Å². The molecular formula is C16H22N2O2. The van der Waals surface area contributed by atoms with E-state index in [-0.39, 0.29) is 11.4 Å². The SMILES string of the molecule is CC1(C)CC2(C=C(C#N)C1=O)CN(CC1CC1)CCO2. The summed E-state index contributed by atoms with van der Waals surface area (Å²) in [5.74, 6) is 0.802. The molecule has 4 nitrogen and oxygen atoms in total. The Morgan fingerprint density at radius 2 is 2.25 bits per heavy atom. The van der Waals surface area contributed by atoms with Crippen LogP contribution in [0, 0.1) is 22.7 Å². The summed E-state index contributed by atoms with van der Waals surface area (Å²) in [4.78, 5) is 14.7. The van der Waals surface area contributed by atoms with Crippen LogP contribution in [0.5, 0.6) is 0 Å². The van der Waals surface area contributed by atoms with E-state index in [1.54, 1.807) is 6.08 Å². The van der Waals surface area contributed by atoms with Crippen LogP contribution in [-0.2, 0) is 9.53 Å². The average molecular weight is 274 g/mol. The van der Waals surface area contributed by atoms with Gasteiger partial charge in [-0.2, -0.15) is 5.26 Å². The number of carbonyl (C=O) groups is 1. The van der Waals surface area contributed by atoms with Crippen LogP contribution in [0.3, 0.4) is 0 Å². The molecule has 0 radical (unpaired) electrons. The summed E-state index contributed by atoms with van der Waals surface area (Å²) in [6.07, 6.45) is 5.14. The zero-order chi connectivity index (χ0) is 14.4. The van der Waals surface area contributed by atoms with Gasteiger partial charge in [-0.05, 0) is 31.3 Å². The van der Waals surface area contributed by atoms with E-state index < -0.39 is 11.0 Å². The lowest BCUT2D eigenvalue weighted by molar-refractivity contribution is -0.136. The lowest BCUT2D eigenvalue weighted by Gasteiger charge is -2.46. The van der Waals surface area contributed by atoms with Crippen molar-refractivity contribution in [3.8, 4) is 6.07 Å². The van der Waals surface area contributed by atoms with Gasteiger partial charge < -0.3 is 4.74 Å². The summed E-state index contributed by atoms with van der Waals surface area (Å²) >= 11 is 0. The molecule has 2 aliphatic carbocycles. The number of morpholine rings is 1. The molecule has 20 heavy (non-hydrogen) atoms. The zero-order valence-corrected chi connectivity index (χ0v) is 12.3. The number of Topliss-reactive ketones (excluding diaryl/α,β-unsaturated/α-hetero) is 1. The number of nitrogens with zero attached hydrogens (tertiary/aromatic N) is 2. The molecule has 3 rings (SSSR count). The van der Waals surface area contributed by atoms with Crippen LogP contribution >= 0.6 is 0 Å². The molecule has 108 valence electrons. The van der Waals surface area contributed by atoms with Crippen LogP contribution in [0.1, 0.15) is 33.1 Å². The zero-order valence-electron chi connectivity index (χ0n) is 12.3. The van der Waals surface area contributed by atoms with E-state index in [1.807, 2.05) is 13.8 Å². The third-order valence-electron chi connectivity index (χ3n) is 4.63. The first-order valence-electron chi connectivity index (χ1n) is 7.48. The Kier molecular flexibility index (Phi) is 3.23. The number of carbonyl (C=O) groups excluding carboxylic acids is 1. The van der Waals surface area contributed by atoms with E-state index >= 15 is 0 Å². The number of rotatable bonds is 2. The minimum Gasteiger partial charge on any atom is -0.368 e. The van der Waals surface area contributed by atoms with Crippen molar-refractivity contribution in [1.82, 2.24) is 4.90 Å². The average Bonchev–Trinajstić information content (AvgIpc) is 3.17. The molecule has 0 aromatic heterocycles. The lowest BCUT2D eigenvalue weighted by Crippen LogP contribution is -2.56. The van der Waals surface area contributed by atoms with E-state index in [2.05, 4.69) is 11.0 Å². The Balaban J connectivity index is 1.84. The molecule has 0 amide bonds. The van der Waals surface area contributed by atoms with Gasteiger partial charge in [-0.15, -0.1) is 0 Å². The van der Waals surface area contributed by atoms with E-state index in [0.717, 1.165) is 25.6 Å². The van der Waals surface area contributed by atoms with Crippen LogP contribution in [-0.4, -0.2) is 42.5 Å². The van der Waals surface area contributed by atoms with Gasteiger partial charge in [0.2, 0.25) is 0 Å².